The molecule has 0 atom stereocenters. The van der Waals surface area contributed by atoms with Gasteiger partial charge in [0.05, 0.1) is 36.1 Å². The van der Waals surface area contributed by atoms with Crippen molar-refractivity contribution < 1.29 is 9.47 Å². The Bertz CT molecular complexity index is 1430. The van der Waals surface area contributed by atoms with Crippen LogP contribution in [0.5, 0.6) is 11.5 Å². The second kappa shape index (κ2) is 10.1. The number of methoxy groups -OCH3 is 1. The lowest BCUT2D eigenvalue weighted by molar-refractivity contribution is 0.0383. The molecule has 2 aromatic heterocycles. The molecule has 1 aliphatic rings. The van der Waals surface area contributed by atoms with Gasteiger partial charge in [-0.2, -0.15) is 10.2 Å². The maximum absolute atomic E-state index is 9.15. The molecule has 2 N–H and O–H groups in total. The summed E-state index contributed by atoms with van der Waals surface area (Å²) in [5, 5.41) is 16.5. The van der Waals surface area contributed by atoms with Crippen LogP contribution < -0.4 is 20.1 Å². The molecule has 0 amide bonds. The molecular weight excluding hydrogens is 454 g/mol. The number of nitrogens with zero attached hydrogens (tertiary/aromatic N) is 5. The summed E-state index contributed by atoms with van der Waals surface area (Å²) in [5.41, 5.74) is 2.96. The van der Waals surface area contributed by atoms with Crippen molar-refractivity contribution in [3.8, 4) is 17.6 Å². The van der Waals surface area contributed by atoms with E-state index in [1.54, 1.807) is 31.6 Å². The zero-order chi connectivity index (χ0) is 25.1. The number of pyridine rings is 1. The van der Waals surface area contributed by atoms with Crippen LogP contribution in [0.4, 0.5) is 23.1 Å². The Kier molecular flexibility index (Phi) is 6.52. The van der Waals surface area contributed by atoms with E-state index in [-0.39, 0.29) is 6.10 Å². The monoisotopic (exact) mass is 481 g/mol. The molecule has 0 aliphatic heterocycles. The van der Waals surface area contributed by atoms with Gasteiger partial charge < -0.3 is 25.0 Å². The normalized spacial score (nSPS) is 16.8. The van der Waals surface area contributed by atoms with Crippen LogP contribution in [0.2, 0.25) is 0 Å². The van der Waals surface area contributed by atoms with Crippen LogP contribution in [0.3, 0.4) is 0 Å². The average molecular weight is 482 g/mol. The van der Waals surface area contributed by atoms with Crippen molar-refractivity contribution in [1.82, 2.24) is 19.9 Å². The number of nitriles is 1. The predicted molar refractivity (Wildman–Crippen MR) is 139 cm³/mol. The largest absolute Gasteiger partial charge is 0.493 e. The third-order valence-electron chi connectivity index (χ3n) is 6.25. The van der Waals surface area contributed by atoms with Gasteiger partial charge in [-0.15, -0.1) is 0 Å². The van der Waals surface area contributed by atoms with Gasteiger partial charge in [-0.1, -0.05) is 0 Å². The molecule has 2 heterocycles. The average Bonchev–Trinajstić information content (AvgIpc) is 2.86. The van der Waals surface area contributed by atoms with E-state index in [2.05, 4.69) is 50.6 Å². The van der Waals surface area contributed by atoms with E-state index in [1.165, 1.54) is 0 Å². The molecule has 0 unspecified atom stereocenters. The summed E-state index contributed by atoms with van der Waals surface area (Å²) in [7, 11) is 5.82. The number of anilines is 4. The highest BCUT2D eigenvalue weighted by molar-refractivity contribution is 5.83. The van der Waals surface area contributed by atoms with Crippen molar-refractivity contribution in [2.75, 3.05) is 31.8 Å². The number of benzene rings is 2. The number of hydrogen-bond acceptors (Lipinski definition) is 9. The summed E-state index contributed by atoms with van der Waals surface area (Å²) in [5.74, 6) is 2.42. The van der Waals surface area contributed by atoms with Crippen LogP contribution >= 0.6 is 0 Å². The van der Waals surface area contributed by atoms with Crippen LogP contribution in [0.25, 0.3) is 10.9 Å². The van der Waals surface area contributed by atoms with E-state index in [4.69, 9.17) is 14.7 Å². The highest BCUT2D eigenvalue weighted by atomic mass is 16.5. The lowest BCUT2D eigenvalue weighted by Crippen LogP contribution is -2.46. The van der Waals surface area contributed by atoms with Crippen LogP contribution in [-0.4, -0.2) is 53.2 Å². The molecule has 0 radical (unpaired) electrons. The number of ether oxygens (including phenoxy) is 2. The molecule has 1 aliphatic carbocycles. The fourth-order valence-electron chi connectivity index (χ4n) is 4.11. The maximum Gasteiger partial charge on any atom is 0.229 e. The highest BCUT2D eigenvalue weighted by Gasteiger charge is 2.32. The van der Waals surface area contributed by atoms with Crippen LogP contribution in [0, 0.1) is 11.3 Å². The molecule has 1 fully saturated rings. The van der Waals surface area contributed by atoms with Gasteiger partial charge in [0, 0.05) is 29.4 Å². The topological polar surface area (TPSA) is 108 Å². The Labute approximate surface area is 209 Å². The predicted octanol–water partition coefficient (Wildman–Crippen LogP) is 4.86. The van der Waals surface area contributed by atoms with Gasteiger partial charge in [-0.3, -0.25) is 4.98 Å². The molecule has 1 saturated carbocycles. The molecule has 4 aromatic rings. The summed E-state index contributed by atoms with van der Waals surface area (Å²) in [6, 6.07) is 17.5. The minimum Gasteiger partial charge on any atom is -0.493 e. The minimum atomic E-state index is 0.201. The standard InChI is InChI=1S/C27H27N7O2/c1-34(2)21-13-22(14-21)36-24-7-5-19(12-25(24)35-3)32-27-29-9-8-26(33-27)31-20-11-18-10-17(15-28)4-6-23(18)30-16-20/h4-12,16,21-22H,13-14H2,1-3H3,(H2,29,31,32,33). The summed E-state index contributed by atoms with van der Waals surface area (Å²) >= 11 is 0. The summed E-state index contributed by atoms with van der Waals surface area (Å²) in [6.45, 7) is 0. The SMILES string of the molecule is COc1cc(Nc2nccc(Nc3cnc4ccc(C#N)cc4c3)n2)ccc1OC1CC(N(C)C)C1. The van der Waals surface area contributed by atoms with Gasteiger partial charge in [0.2, 0.25) is 5.95 Å². The number of aromatic nitrogens is 3. The number of hydrogen-bond donors (Lipinski definition) is 2. The maximum atomic E-state index is 9.15. The molecule has 9 nitrogen and oxygen atoms in total. The second-order valence-corrected chi connectivity index (χ2v) is 8.95. The second-order valence-electron chi connectivity index (χ2n) is 8.95. The van der Waals surface area contributed by atoms with Crippen molar-refractivity contribution in [1.29, 1.82) is 5.26 Å². The zero-order valence-corrected chi connectivity index (χ0v) is 20.4. The first-order valence-electron chi connectivity index (χ1n) is 11.7. The van der Waals surface area contributed by atoms with E-state index >= 15 is 0 Å². The van der Waals surface area contributed by atoms with Gasteiger partial charge in [0.1, 0.15) is 11.9 Å². The van der Waals surface area contributed by atoms with E-state index < -0.39 is 0 Å². The first-order valence-corrected chi connectivity index (χ1v) is 11.7. The van der Waals surface area contributed by atoms with Crippen molar-refractivity contribution in [2.45, 2.75) is 25.0 Å². The van der Waals surface area contributed by atoms with Crippen LogP contribution in [0.1, 0.15) is 18.4 Å². The fraction of sp³-hybridized carbons (Fsp3) is 0.259. The van der Waals surface area contributed by atoms with Gasteiger partial charge >= 0.3 is 0 Å². The van der Waals surface area contributed by atoms with Gasteiger partial charge in [-0.05, 0) is 69.4 Å². The smallest absolute Gasteiger partial charge is 0.229 e. The van der Waals surface area contributed by atoms with Crippen LogP contribution in [-0.2, 0) is 0 Å². The fourth-order valence-corrected chi connectivity index (χ4v) is 4.11. The Balaban J connectivity index is 1.27. The molecule has 182 valence electrons. The van der Waals surface area contributed by atoms with E-state index in [0.717, 1.165) is 40.9 Å². The first-order chi connectivity index (χ1) is 17.5. The number of rotatable bonds is 8. The molecule has 2 aromatic carbocycles. The minimum absolute atomic E-state index is 0.201. The number of fused-ring (bicyclic) bond motifs is 1. The van der Waals surface area contributed by atoms with E-state index in [1.807, 2.05) is 36.4 Å². The van der Waals surface area contributed by atoms with E-state index in [0.29, 0.717) is 29.1 Å². The van der Waals surface area contributed by atoms with Crippen molar-refractivity contribution in [2.24, 2.45) is 0 Å². The molecule has 0 saturated heterocycles. The van der Waals surface area contributed by atoms with Gasteiger partial charge in [0.25, 0.3) is 0 Å². The van der Waals surface area contributed by atoms with Gasteiger partial charge in [-0.25, -0.2) is 4.98 Å². The molecule has 9 heteroatoms. The summed E-state index contributed by atoms with van der Waals surface area (Å²) in [4.78, 5) is 15.6. The van der Waals surface area contributed by atoms with E-state index in [9.17, 15) is 0 Å². The molecule has 0 bridgehead atoms. The summed E-state index contributed by atoms with van der Waals surface area (Å²) < 4.78 is 11.7. The Morgan fingerprint density at radius 2 is 1.83 bits per heavy atom. The zero-order valence-electron chi connectivity index (χ0n) is 20.4. The highest BCUT2D eigenvalue weighted by Crippen LogP contribution is 2.36. The molecule has 5 rings (SSSR count). The first kappa shape index (κ1) is 23.3. The lowest BCUT2D eigenvalue weighted by atomic mass is 9.88. The quantitative estimate of drug-likeness (QED) is 0.364. The lowest BCUT2D eigenvalue weighted by Gasteiger charge is -2.39. The van der Waals surface area contributed by atoms with Crippen molar-refractivity contribution in [3.63, 3.8) is 0 Å². The molecular formula is C27H27N7O2. The van der Waals surface area contributed by atoms with Gasteiger partial charge in [0.15, 0.2) is 11.5 Å². The Hall–Kier alpha value is -4.42. The third kappa shape index (κ3) is 5.14. The Morgan fingerprint density at radius 1 is 0.972 bits per heavy atom. The van der Waals surface area contributed by atoms with Crippen molar-refractivity contribution in [3.05, 3.63) is 66.5 Å². The van der Waals surface area contributed by atoms with Crippen molar-refractivity contribution >= 4 is 34.0 Å². The summed E-state index contributed by atoms with van der Waals surface area (Å²) in [6.07, 6.45) is 5.63. The number of nitrogens with one attached hydrogen (secondary N) is 2. The molecule has 36 heavy (non-hydrogen) atoms. The van der Waals surface area contributed by atoms with Crippen LogP contribution in [0.15, 0.2) is 60.9 Å². The third-order valence-corrected chi connectivity index (χ3v) is 6.25. The molecule has 0 spiro atoms. The Morgan fingerprint density at radius 3 is 2.61 bits per heavy atom.